The van der Waals surface area contributed by atoms with Crippen molar-refractivity contribution in [2.45, 2.75) is 42.4 Å². The summed E-state index contributed by atoms with van der Waals surface area (Å²) < 4.78 is 69.5. The first-order valence-electron chi connectivity index (χ1n) is 13.8. The number of nitrogens with two attached hydrogens (primary N) is 1. The zero-order valence-corrected chi connectivity index (χ0v) is 25.8. The van der Waals surface area contributed by atoms with E-state index in [9.17, 15) is 41.4 Å². The number of rotatable bonds is 13. The molecule has 0 amide bonds. The molecule has 0 saturated heterocycles. The van der Waals surface area contributed by atoms with Gasteiger partial charge in [0.1, 0.15) is 29.8 Å². The van der Waals surface area contributed by atoms with Gasteiger partial charge < -0.3 is 14.9 Å². The van der Waals surface area contributed by atoms with E-state index in [1.54, 1.807) is 30.3 Å². The number of carboxylic acids is 1. The fourth-order valence-corrected chi connectivity index (χ4v) is 6.42. The van der Waals surface area contributed by atoms with E-state index in [2.05, 4.69) is 15.3 Å². The Kier molecular flexibility index (Phi) is 9.60. The number of aromatic hydroxyl groups is 1. The second-order valence-corrected chi connectivity index (χ2v) is 13.4. The van der Waals surface area contributed by atoms with Crippen LogP contribution in [0.3, 0.4) is 0 Å². The van der Waals surface area contributed by atoms with Crippen molar-refractivity contribution >= 4 is 43.3 Å². The van der Waals surface area contributed by atoms with Crippen LogP contribution in [0.2, 0.25) is 0 Å². The van der Waals surface area contributed by atoms with Gasteiger partial charge in [-0.15, -0.1) is 16.4 Å². The minimum Gasteiger partial charge on any atom is -0.508 e. The van der Waals surface area contributed by atoms with Crippen LogP contribution >= 0.6 is 11.3 Å². The molecule has 12 nitrogen and oxygen atoms in total. The van der Waals surface area contributed by atoms with Gasteiger partial charge in [-0.3, -0.25) is 9.59 Å². The molecule has 0 aliphatic carbocycles. The Balaban J connectivity index is 1.33. The molecule has 2 aromatic heterocycles. The van der Waals surface area contributed by atoms with Gasteiger partial charge in [0.2, 0.25) is 4.34 Å². The van der Waals surface area contributed by atoms with Crippen molar-refractivity contribution in [1.82, 2.24) is 20.0 Å². The van der Waals surface area contributed by atoms with E-state index >= 15 is 0 Å². The minimum absolute atomic E-state index is 0.0108. The molecule has 5 rings (SSSR count). The molecular formula is C30H26F3N5O7S2. The Morgan fingerprint density at radius 3 is 2.30 bits per heavy atom. The van der Waals surface area contributed by atoms with Crippen LogP contribution in [0, 0.1) is 5.92 Å². The number of ketones is 1. The number of benzene rings is 3. The van der Waals surface area contributed by atoms with Gasteiger partial charge >= 0.3 is 12.1 Å². The van der Waals surface area contributed by atoms with Crippen molar-refractivity contribution in [2.75, 3.05) is 0 Å². The van der Waals surface area contributed by atoms with Crippen molar-refractivity contribution in [3.8, 4) is 11.5 Å². The first-order valence-corrected chi connectivity index (χ1v) is 16.2. The summed E-state index contributed by atoms with van der Waals surface area (Å²) in [7, 11) is -3.97. The molecule has 47 heavy (non-hydrogen) atoms. The number of hydrogen-bond acceptors (Lipinski definition) is 10. The van der Waals surface area contributed by atoms with Gasteiger partial charge in [0.05, 0.1) is 27.9 Å². The first-order chi connectivity index (χ1) is 22.2. The van der Waals surface area contributed by atoms with Gasteiger partial charge in [0.25, 0.3) is 10.0 Å². The van der Waals surface area contributed by atoms with Crippen molar-refractivity contribution in [1.29, 1.82) is 0 Å². The zero-order valence-electron chi connectivity index (χ0n) is 24.2. The molecule has 246 valence electrons. The highest BCUT2D eigenvalue weighted by Crippen LogP contribution is 2.31. The van der Waals surface area contributed by atoms with Crippen molar-refractivity contribution in [2.24, 2.45) is 11.1 Å². The second kappa shape index (κ2) is 13.5. The summed E-state index contributed by atoms with van der Waals surface area (Å²) in [6.07, 6.45) is -3.62. The van der Waals surface area contributed by atoms with Crippen LogP contribution in [0.4, 0.5) is 13.2 Å². The van der Waals surface area contributed by atoms with E-state index in [1.165, 1.54) is 35.1 Å². The molecule has 2 unspecified atom stereocenters. The molecule has 5 aromatic rings. The molecule has 2 heterocycles. The van der Waals surface area contributed by atoms with E-state index in [0.29, 0.717) is 32.8 Å². The number of nitrogens with zero attached hydrogens (tertiary/aromatic N) is 4. The third-order valence-corrected chi connectivity index (χ3v) is 9.48. The van der Waals surface area contributed by atoms with Crippen LogP contribution in [-0.2, 0) is 45.2 Å². The lowest BCUT2D eigenvalue weighted by molar-refractivity contribution is -0.144. The number of phenolic OH excluding ortho intramolecular Hbond substituents is 1. The summed E-state index contributed by atoms with van der Waals surface area (Å²) in [5.74, 6) is -2.64. The lowest BCUT2D eigenvalue weighted by Crippen LogP contribution is -2.28. The number of carbonyl (C=O) groups is 2. The fourth-order valence-electron chi connectivity index (χ4n) is 4.73. The number of sulfonamides is 1. The summed E-state index contributed by atoms with van der Waals surface area (Å²) in [5.41, 5.74) is 0.838. The van der Waals surface area contributed by atoms with Crippen LogP contribution in [0.25, 0.3) is 10.2 Å². The van der Waals surface area contributed by atoms with Crippen molar-refractivity contribution in [3.05, 3.63) is 95.3 Å². The molecular weight excluding hydrogens is 663 g/mol. The normalized spacial score (nSPS) is 13.4. The summed E-state index contributed by atoms with van der Waals surface area (Å²) in [4.78, 5) is 29.8. The van der Waals surface area contributed by atoms with E-state index in [-0.39, 0.29) is 29.5 Å². The number of alkyl halides is 3. The molecule has 0 bridgehead atoms. The number of ether oxygens (including phenoxy) is 1. The molecule has 4 N–H and O–H groups in total. The van der Waals surface area contributed by atoms with Crippen LogP contribution < -0.4 is 9.88 Å². The highest BCUT2D eigenvalue weighted by molar-refractivity contribution is 7.91. The number of primary sulfonamides is 1. The second-order valence-electron chi connectivity index (χ2n) is 10.6. The standard InChI is InChI=1S/C30H26F3N5O7S2/c31-30(32,33)20-5-1-17(2-6-20)11-19(28(41)42)13-26(40)25(12-18-3-7-22(39)8-4-18)38-15-21(36-37-38)16-45-23-9-10-24-27(14-23)46-29(35-24)47(34,43)44/h1-10,14-15,19,25,39H,11-13,16H2,(H,41,42)(H2,34,43,44). The Hall–Kier alpha value is -4.87. The molecule has 0 radical (unpaired) electrons. The molecule has 0 fully saturated rings. The average Bonchev–Trinajstić information content (AvgIpc) is 3.66. The van der Waals surface area contributed by atoms with Gasteiger partial charge in [0.15, 0.2) is 5.78 Å². The molecule has 3 aromatic carbocycles. The molecule has 17 heteroatoms. The van der Waals surface area contributed by atoms with Crippen LogP contribution in [0.15, 0.2) is 77.3 Å². The van der Waals surface area contributed by atoms with Gasteiger partial charge in [0, 0.05) is 12.8 Å². The van der Waals surface area contributed by atoms with Crippen LogP contribution in [0.5, 0.6) is 11.5 Å². The highest BCUT2D eigenvalue weighted by Gasteiger charge is 2.31. The molecule has 0 spiro atoms. The van der Waals surface area contributed by atoms with E-state index in [0.717, 1.165) is 23.5 Å². The topological polar surface area (TPSA) is 188 Å². The maximum Gasteiger partial charge on any atom is 0.416 e. The minimum atomic E-state index is -4.54. The van der Waals surface area contributed by atoms with E-state index in [4.69, 9.17) is 9.88 Å². The average molecular weight is 690 g/mol. The quantitative estimate of drug-likeness (QED) is 0.159. The van der Waals surface area contributed by atoms with E-state index < -0.39 is 51.9 Å². The maximum absolute atomic E-state index is 13.7. The Morgan fingerprint density at radius 2 is 1.66 bits per heavy atom. The Morgan fingerprint density at radius 1 is 1.00 bits per heavy atom. The number of hydrogen-bond donors (Lipinski definition) is 3. The monoisotopic (exact) mass is 689 g/mol. The number of aliphatic carboxylic acids is 1. The highest BCUT2D eigenvalue weighted by atomic mass is 32.2. The largest absolute Gasteiger partial charge is 0.508 e. The number of Topliss-reactive ketones (excluding diaryl/α,β-unsaturated/α-hetero) is 1. The number of thiazole rings is 1. The number of carboxylic acid groups (broad SMARTS) is 1. The van der Waals surface area contributed by atoms with Gasteiger partial charge in [-0.25, -0.2) is 23.2 Å². The number of phenols is 1. The number of aromatic nitrogens is 4. The molecule has 0 saturated carbocycles. The maximum atomic E-state index is 13.7. The van der Waals surface area contributed by atoms with Gasteiger partial charge in [-0.2, -0.15) is 13.2 Å². The predicted octanol–water partition coefficient (Wildman–Crippen LogP) is 4.53. The van der Waals surface area contributed by atoms with Crippen LogP contribution in [0.1, 0.15) is 34.8 Å². The lowest BCUT2D eigenvalue weighted by Gasteiger charge is -2.19. The summed E-state index contributed by atoms with van der Waals surface area (Å²) in [6.45, 7) is -0.0852. The number of fused-ring (bicyclic) bond motifs is 1. The third-order valence-electron chi connectivity index (χ3n) is 7.14. The Labute approximate surface area is 269 Å². The smallest absolute Gasteiger partial charge is 0.416 e. The summed E-state index contributed by atoms with van der Waals surface area (Å²) in [5, 5.41) is 32.9. The van der Waals surface area contributed by atoms with Gasteiger partial charge in [-0.1, -0.05) is 29.5 Å². The summed E-state index contributed by atoms with van der Waals surface area (Å²) >= 11 is 0.885. The van der Waals surface area contributed by atoms with Crippen LogP contribution in [-0.4, -0.2) is 50.4 Å². The SMILES string of the molecule is NS(=O)(=O)c1nc2ccc(OCc3cn(C(Cc4ccc(O)cc4)C(=O)CC(Cc4ccc(C(F)(F)F)cc4)C(=O)O)nn3)cc2s1. The number of halogens is 3. The summed E-state index contributed by atoms with van der Waals surface area (Å²) in [6, 6.07) is 13.9. The van der Waals surface area contributed by atoms with Crippen molar-refractivity contribution < 1.29 is 46.1 Å². The zero-order chi connectivity index (χ0) is 33.9. The Bertz CT molecular complexity index is 2010. The van der Waals surface area contributed by atoms with E-state index in [1.807, 2.05) is 0 Å². The predicted molar refractivity (Wildman–Crippen MR) is 162 cm³/mol. The lowest BCUT2D eigenvalue weighted by atomic mass is 9.90. The van der Waals surface area contributed by atoms with Crippen molar-refractivity contribution in [3.63, 3.8) is 0 Å². The first kappa shape index (κ1) is 33.5. The number of carbonyl (C=O) groups excluding carboxylic acids is 1. The fraction of sp³-hybridized carbons (Fsp3) is 0.233. The molecule has 0 aliphatic heterocycles. The van der Waals surface area contributed by atoms with Gasteiger partial charge in [-0.05, 0) is 60.0 Å². The third kappa shape index (κ3) is 8.49. The molecule has 2 atom stereocenters. The molecule has 0 aliphatic rings.